The minimum Gasteiger partial charge on any atom is -0.481 e. The standard InChI is InChI=1S/C21H26Br2N2O3/c1-20(2,3)13-21(4,5)14-9-16(22)19(17(23)10-14)28-12-18(26)25-24-11-15-7-6-8-27-15/h6-11H,12-13H2,1-5H3,(H,25,26). The fourth-order valence-corrected chi connectivity index (χ4v) is 4.63. The molecule has 0 saturated heterocycles. The number of nitrogens with zero attached hydrogens (tertiary/aromatic N) is 1. The van der Waals surface area contributed by atoms with E-state index >= 15 is 0 Å². The molecule has 0 aliphatic carbocycles. The van der Waals surface area contributed by atoms with Crippen molar-refractivity contribution in [1.82, 2.24) is 5.43 Å². The first kappa shape index (κ1) is 22.7. The minimum atomic E-state index is -0.362. The molecular weight excluding hydrogens is 488 g/mol. The maximum absolute atomic E-state index is 11.9. The lowest BCUT2D eigenvalue weighted by molar-refractivity contribution is -0.123. The molecule has 0 aliphatic heterocycles. The Morgan fingerprint density at radius 3 is 2.39 bits per heavy atom. The van der Waals surface area contributed by atoms with Gasteiger partial charge < -0.3 is 9.15 Å². The summed E-state index contributed by atoms with van der Waals surface area (Å²) in [6.07, 6.45) is 4.00. The number of halogens is 2. The molecule has 0 spiro atoms. The van der Waals surface area contributed by atoms with E-state index in [9.17, 15) is 4.79 Å². The summed E-state index contributed by atoms with van der Waals surface area (Å²) in [5.74, 6) is 0.777. The fraction of sp³-hybridized carbons (Fsp3) is 0.429. The Hall–Kier alpha value is -1.60. The van der Waals surface area contributed by atoms with Crippen LogP contribution in [-0.2, 0) is 10.2 Å². The summed E-state index contributed by atoms with van der Waals surface area (Å²) >= 11 is 7.14. The molecule has 0 bridgehead atoms. The van der Waals surface area contributed by atoms with Crippen molar-refractivity contribution in [3.63, 3.8) is 0 Å². The van der Waals surface area contributed by atoms with Gasteiger partial charge in [-0.3, -0.25) is 4.79 Å². The summed E-state index contributed by atoms with van der Waals surface area (Å²) in [6, 6.07) is 7.59. The molecule has 5 nitrogen and oxygen atoms in total. The second-order valence-corrected chi connectivity index (χ2v) is 10.2. The van der Waals surface area contributed by atoms with Gasteiger partial charge in [0.25, 0.3) is 5.91 Å². The average Bonchev–Trinajstić information content (AvgIpc) is 3.05. The average molecular weight is 514 g/mol. The van der Waals surface area contributed by atoms with E-state index in [4.69, 9.17) is 9.15 Å². The van der Waals surface area contributed by atoms with Crippen LogP contribution in [0.5, 0.6) is 5.75 Å². The van der Waals surface area contributed by atoms with Crippen LogP contribution in [0.3, 0.4) is 0 Å². The molecule has 1 amide bonds. The number of carbonyl (C=O) groups is 1. The van der Waals surface area contributed by atoms with Crippen LogP contribution in [-0.4, -0.2) is 18.7 Å². The van der Waals surface area contributed by atoms with Crippen molar-refractivity contribution in [3.8, 4) is 5.75 Å². The second kappa shape index (κ2) is 9.27. The second-order valence-electron chi connectivity index (χ2n) is 8.49. The summed E-state index contributed by atoms with van der Waals surface area (Å²) in [5.41, 5.74) is 3.82. The molecule has 0 saturated carbocycles. The number of hydrogen-bond acceptors (Lipinski definition) is 4. The summed E-state index contributed by atoms with van der Waals surface area (Å²) in [4.78, 5) is 11.9. The van der Waals surface area contributed by atoms with Crippen LogP contribution >= 0.6 is 31.9 Å². The number of nitrogens with one attached hydrogen (secondary N) is 1. The SMILES string of the molecule is CC(C)(C)CC(C)(C)c1cc(Br)c(OCC(=O)NN=Cc2ccco2)c(Br)c1. The van der Waals surface area contributed by atoms with E-state index in [2.05, 4.69) is 89.1 Å². The zero-order chi connectivity index (χ0) is 20.9. The van der Waals surface area contributed by atoms with Gasteiger partial charge in [0.15, 0.2) is 6.61 Å². The van der Waals surface area contributed by atoms with Gasteiger partial charge in [0, 0.05) is 0 Å². The number of benzene rings is 1. The van der Waals surface area contributed by atoms with Crippen LogP contribution in [0.2, 0.25) is 0 Å². The molecule has 0 atom stereocenters. The van der Waals surface area contributed by atoms with E-state index in [1.807, 2.05) is 0 Å². The molecule has 1 N–H and O–H groups in total. The third-order valence-corrected chi connectivity index (χ3v) is 5.20. The Labute approximate surface area is 183 Å². The van der Waals surface area contributed by atoms with Gasteiger partial charge in [-0.05, 0) is 78.9 Å². The molecular formula is C21H26Br2N2O3. The number of hydrogen-bond donors (Lipinski definition) is 1. The fourth-order valence-electron chi connectivity index (χ4n) is 3.22. The lowest BCUT2D eigenvalue weighted by Gasteiger charge is -2.33. The van der Waals surface area contributed by atoms with E-state index < -0.39 is 0 Å². The highest BCUT2D eigenvalue weighted by Gasteiger charge is 2.28. The van der Waals surface area contributed by atoms with E-state index in [0.717, 1.165) is 15.4 Å². The van der Waals surface area contributed by atoms with Gasteiger partial charge in [-0.1, -0.05) is 34.6 Å². The Balaban J connectivity index is 2.01. The number of hydrazone groups is 1. The van der Waals surface area contributed by atoms with Crippen molar-refractivity contribution < 1.29 is 13.9 Å². The van der Waals surface area contributed by atoms with Crippen molar-refractivity contribution in [2.75, 3.05) is 6.61 Å². The maximum atomic E-state index is 11.9. The molecule has 1 aromatic carbocycles. The lowest BCUT2D eigenvalue weighted by Crippen LogP contribution is -2.26. The van der Waals surface area contributed by atoms with E-state index in [1.54, 1.807) is 12.1 Å². The molecule has 0 aliphatic rings. The zero-order valence-electron chi connectivity index (χ0n) is 16.8. The quantitative estimate of drug-likeness (QED) is 0.362. The molecule has 0 fully saturated rings. The molecule has 2 rings (SSSR count). The van der Waals surface area contributed by atoms with Crippen LogP contribution in [0.4, 0.5) is 0 Å². The Bertz CT molecular complexity index is 815. The third kappa shape index (κ3) is 6.78. The van der Waals surface area contributed by atoms with E-state index in [1.165, 1.54) is 18.0 Å². The molecule has 0 radical (unpaired) electrons. The molecule has 0 unspecified atom stereocenters. The summed E-state index contributed by atoms with van der Waals surface area (Å²) in [5, 5.41) is 3.83. The third-order valence-electron chi connectivity index (χ3n) is 4.02. The highest BCUT2D eigenvalue weighted by Crippen LogP contribution is 2.42. The van der Waals surface area contributed by atoms with Gasteiger partial charge in [-0.25, -0.2) is 5.43 Å². The predicted molar refractivity (Wildman–Crippen MR) is 119 cm³/mol. The monoisotopic (exact) mass is 512 g/mol. The first-order valence-corrected chi connectivity index (χ1v) is 10.5. The Morgan fingerprint density at radius 2 is 1.86 bits per heavy atom. The number of amides is 1. The zero-order valence-corrected chi connectivity index (χ0v) is 20.0. The number of carbonyl (C=O) groups excluding carboxylic acids is 1. The first-order valence-electron chi connectivity index (χ1n) is 8.96. The van der Waals surface area contributed by atoms with Crippen molar-refractivity contribution in [3.05, 3.63) is 50.8 Å². The normalized spacial score (nSPS) is 12.4. The highest BCUT2D eigenvalue weighted by atomic mass is 79.9. The van der Waals surface area contributed by atoms with Crippen LogP contribution in [0, 0.1) is 5.41 Å². The molecule has 7 heteroatoms. The molecule has 152 valence electrons. The number of furan rings is 1. The summed E-state index contributed by atoms with van der Waals surface area (Å²) < 4.78 is 12.4. The predicted octanol–water partition coefficient (Wildman–Crippen LogP) is 6.05. The van der Waals surface area contributed by atoms with Crippen LogP contribution in [0.15, 0.2) is 49.0 Å². The van der Waals surface area contributed by atoms with E-state index in [0.29, 0.717) is 11.5 Å². The van der Waals surface area contributed by atoms with Gasteiger partial charge in [-0.2, -0.15) is 5.10 Å². The van der Waals surface area contributed by atoms with Crippen molar-refractivity contribution in [2.24, 2.45) is 10.5 Å². The smallest absolute Gasteiger partial charge is 0.277 e. The van der Waals surface area contributed by atoms with Crippen LogP contribution in [0.1, 0.15) is 52.4 Å². The maximum Gasteiger partial charge on any atom is 0.277 e. The summed E-state index contributed by atoms with van der Waals surface area (Å²) in [6.45, 7) is 11.0. The molecule has 28 heavy (non-hydrogen) atoms. The van der Waals surface area contributed by atoms with Gasteiger partial charge in [-0.15, -0.1) is 0 Å². The molecule has 1 aromatic heterocycles. The van der Waals surface area contributed by atoms with Gasteiger partial charge >= 0.3 is 0 Å². The van der Waals surface area contributed by atoms with Gasteiger partial charge in [0.1, 0.15) is 11.5 Å². The Kier molecular flexibility index (Phi) is 7.51. The summed E-state index contributed by atoms with van der Waals surface area (Å²) in [7, 11) is 0. The van der Waals surface area contributed by atoms with Gasteiger partial charge in [0.2, 0.25) is 0 Å². The van der Waals surface area contributed by atoms with Crippen molar-refractivity contribution in [2.45, 2.75) is 46.5 Å². The molecule has 1 heterocycles. The van der Waals surface area contributed by atoms with Crippen molar-refractivity contribution >= 4 is 44.0 Å². The molecule has 2 aromatic rings. The topological polar surface area (TPSA) is 63.8 Å². The number of ether oxygens (including phenoxy) is 1. The highest BCUT2D eigenvalue weighted by molar-refractivity contribution is 9.11. The van der Waals surface area contributed by atoms with Crippen LogP contribution in [0.25, 0.3) is 0 Å². The number of rotatable bonds is 7. The first-order chi connectivity index (χ1) is 13.0. The Morgan fingerprint density at radius 1 is 1.21 bits per heavy atom. The largest absolute Gasteiger partial charge is 0.481 e. The van der Waals surface area contributed by atoms with Crippen molar-refractivity contribution in [1.29, 1.82) is 0 Å². The van der Waals surface area contributed by atoms with Gasteiger partial charge in [0.05, 0.1) is 21.4 Å². The lowest BCUT2D eigenvalue weighted by atomic mass is 9.72. The minimum absolute atomic E-state index is 0.000237. The van der Waals surface area contributed by atoms with E-state index in [-0.39, 0.29) is 23.3 Å². The van der Waals surface area contributed by atoms with Crippen LogP contribution < -0.4 is 10.2 Å².